The molecule has 0 spiro atoms. The number of hydrogen-bond donors (Lipinski definition) is 0. The average Bonchev–Trinajstić information content (AvgIpc) is 3.59. The molecule has 36 heteroatoms. The Morgan fingerprint density at radius 1 is 0.545 bits per heavy atom. The van der Waals surface area contributed by atoms with Gasteiger partial charge in [-0.15, -0.1) is 26.3 Å². The predicted octanol–water partition coefficient (Wildman–Crippen LogP) is 7.57. The van der Waals surface area contributed by atoms with Crippen molar-refractivity contribution in [2.24, 2.45) is 0 Å². The van der Waals surface area contributed by atoms with Crippen molar-refractivity contribution in [3.8, 4) is 0 Å². The van der Waals surface area contributed by atoms with Crippen LogP contribution in [0.2, 0.25) is 0 Å². The van der Waals surface area contributed by atoms with Crippen LogP contribution in [0.15, 0.2) is 24.3 Å². The normalized spacial score (nSPS) is 18.1. The van der Waals surface area contributed by atoms with Gasteiger partial charge in [-0.25, -0.2) is 9.47 Å². The monoisotopic (exact) mass is 918 g/mol. The second-order valence-corrected chi connectivity index (χ2v) is 12.1. The Balaban J connectivity index is 0. The number of rotatable bonds is 11. The fraction of sp³-hybridized carbons (Fsp3) is 0.789. The minimum atomic E-state index is -6.90. The highest BCUT2D eigenvalue weighted by Gasteiger charge is 2.73. The van der Waals surface area contributed by atoms with Crippen LogP contribution in [0.25, 0.3) is 0 Å². The lowest BCUT2D eigenvalue weighted by Gasteiger charge is -2.28. The molecule has 55 heavy (non-hydrogen) atoms. The molecule has 2 fully saturated rings. The van der Waals surface area contributed by atoms with Crippen LogP contribution in [-0.4, -0.2) is 96.2 Å². The van der Waals surface area contributed by atoms with Crippen LogP contribution in [0, 0.1) is 0 Å². The number of ether oxygens (including phenoxy) is 6. The first-order valence-corrected chi connectivity index (χ1v) is 15.0. The van der Waals surface area contributed by atoms with Crippen LogP contribution in [0.3, 0.4) is 0 Å². The molecular weight excluding hydrogens is 902 g/mol. The zero-order valence-electron chi connectivity index (χ0n) is 25.5. The van der Waals surface area contributed by atoms with Crippen LogP contribution in [0.5, 0.6) is 0 Å². The van der Waals surface area contributed by atoms with Gasteiger partial charge in [0.2, 0.25) is 5.79 Å². The molecule has 2 rings (SSSR count). The predicted molar refractivity (Wildman–Crippen MR) is 122 cm³/mol. The lowest BCUT2D eigenvalue weighted by atomic mass is 10.1. The number of hydrogen-bond acceptors (Lipinski definition) is 12. The van der Waals surface area contributed by atoms with Gasteiger partial charge in [-0.3, -0.25) is 0 Å². The van der Waals surface area contributed by atoms with E-state index in [2.05, 4.69) is 9.47 Å². The summed E-state index contributed by atoms with van der Waals surface area (Å²) in [5, 5.41) is -13.1. The molecule has 2 saturated heterocycles. The summed E-state index contributed by atoms with van der Waals surface area (Å²) in [6, 6.07) is 0. The van der Waals surface area contributed by atoms with Crippen molar-refractivity contribution < 1.29 is 151 Å². The zero-order valence-corrected chi connectivity index (χ0v) is 27.1. The molecule has 0 radical (unpaired) electrons. The quantitative estimate of drug-likeness (QED) is 0.189. The largest absolute Gasteiger partial charge is 0.527 e. The second kappa shape index (κ2) is 18.9. The maximum absolute atomic E-state index is 13.0. The first kappa shape index (κ1) is 54.6. The van der Waals surface area contributed by atoms with Gasteiger partial charge in [-0.05, 0) is 22.9 Å². The van der Waals surface area contributed by atoms with E-state index >= 15 is 0 Å². The number of alkyl halides is 16. The molecule has 12 nitrogen and oxygen atoms in total. The summed E-state index contributed by atoms with van der Waals surface area (Å²) in [5.41, 5.74) is 0. The molecular formula is C19H16F22O12S2. The van der Waals surface area contributed by atoms with E-state index in [1.807, 2.05) is 0 Å². The first-order chi connectivity index (χ1) is 24.0. The van der Waals surface area contributed by atoms with Gasteiger partial charge in [0.25, 0.3) is 12.2 Å². The van der Waals surface area contributed by atoms with E-state index < -0.39 is 91.4 Å². The molecule has 2 aliphatic rings. The standard InChI is InChI=1S/C7H8F4O2.C6H8F2O2.2C3F8O4S/c1-6(12-2-3-13-6)7(10,11)4-5(8)9;1-6(4-5(7)8)9-2-3-10-6;2*4-1(5,14-3(8,9)10)2(6,7)16(12,13)15-11/h4H,2-3H2,1H3;4H,2-3H2,1H3;;. The molecule has 0 atom stereocenters. The Labute approximate surface area is 289 Å². The molecule has 0 aromatic rings. The minimum absolute atomic E-state index is 0.0200. The van der Waals surface area contributed by atoms with E-state index in [0.717, 1.165) is 6.92 Å². The second-order valence-electron chi connectivity index (χ2n) is 9.04. The van der Waals surface area contributed by atoms with Gasteiger partial charge in [0.15, 0.2) is 5.79 Å². The SMILES string of the molecule is CC1(C(F)(F)C=C(F)F)OCCO1.CC1(C=C(F)F)OCCO1.O=S(=O)(OF)C(F)(F)C(F)(F)OC(F)(F)F.O=S(=O)(OF)C(F)(F)C(F)(F)OC(F)(F)F. The molecule has 0 aliphatic carbocycles. The Hall–Kier alpha value is -2.48. The topological polar surface area (TPSA) is 142 Å². The molecule has 330 valence electrons. The summed E-state index contributed by atoms with van der Waals surface area (Å²) < 4.78 is 323. The van der Waals surface area contributed by atoms with Crippen LogP contribution in [0.1, 0.15) is 13.8 Å². The molecule has 0 amide bonds. The van der Waals surface area contributed by atoms with Gasteiger partial charge in [0.05, 0.1) is 32.5 Å². The molecule has 0 bridgehead atoms. The lowest BCUT2D eigenvalue weighted by molar-refractivity contribution is -0.454. The molecule has 0 N–H and O–H groups in total. The van der Waals surface area contributed by atoms with E-state index in [-0.39, 0.29) is 13.2 Å². The van der Waals surface area contributed by atoms with Crippen LogP contribution in [0.4, 0.5) is 96.9 Å². The minimum Gasteiger partial charge on any atom is -0.344 e. The van der Waals surface area contributed by atoms with Crippen LogP contribution >= 0.6 is 0 Å². The van der Waals surface area contributed by atoms with Crippen LogP contribution < -0.4 is 0 Å². The van der Waals surface area contributed by atoms with E-state index in [0.29, 0.717) is 19.3 Å². The molecule has 0 aromatic heterocycles. The Morgan fingerprint density at radius 2 is 0.836 bits per heavy atom. The summed E-state index contributed by atoms with van der Waals surface area (Å²) in [5.74, 6) is -7.28. The molecule has 2 aliphatic heterocycles. The van der Waals surface area contributed by atoms with Gasteiger partial charge in [0.1, 0.15) is 0 Å². The van der Waals surface area contributed by atoms with Gasteiger partial charge >= 0.3 is 61.6 Å². The third kappa shape index (κ3) is 16.1. The number of halogens is 22. The Morgan fingerprint density at radius 3 is 1.07 bits per heavy atom. The van der Waals surface area contributed by atoms with E-state index in [1.165, 1.54) is 15.7 Å². The van der Waals surface area contributed by atoms with Crippen molar-refractivity contribution in [1.29, 1.82) is 0 Å². The summed E-state index contributed by atoms with van der Waals surface area (Å²) >= 11 is 0. The van der Waals surface area contributed by atoms with Crippen molar-refractivity contribution >= 4 is 20.2 Å². The van der Waals surface area contributed by atoms with Crippen LogP contribution in [-0.2, 0) is 57.4 Å². The molecule has 0 unspecified atom stereocenters. The first-order valence-electron chi connectivity index (χ1n) is 12.2. The molecule has 0 saturated carbocycles. The van der Waals surface area contributed by atoms with Gasteiger partial charge in [0, 0.05) is 6.08 Å². The third-order valence-corrected chi connectivity index (χ3v) is 6.99. The van der Waals surface area contributed by atoms with Crippen molar-refractivity contribution in [2.45, 2.75) is 66.8 Å². The van der Waals surface area contributed by atoms with Gasteiger partial charge < -0.3 is 18.9 Å². The van der Waals surface area contributed by atoms with Gasteiger partial charge in [-0.1, -0.05) is 8.78 Å². The third-order valence-electron chi connectivity index (χ3n) is 4.93. The molecule has 0 aromatic carbocycles. The van der Waals surface area contributed by atoms with E-state index in [1.54, 1.807) is 9.47 Å². The highest BCUT2D eigenvalue weighted by atomic mass is 32.2. The maximum atomic E-state index is 13.0. The Kier molecular flexibility index (Phi) is 18.7. The summed E-state index contributed by atoms with van der Waals surface area (Å²) in [6.07, 6.45) is -29.6. The van der Waals surface area contributed by atoms with Crippen molar-refractivity contribution in [3.63, 3.8) is 0 Å². The van der Waals surface area contributed by atoms with Crippen molar-refractivity contribution in [1.82, 2.24) is 0 Å². The summed E-state index contributed by atoms with van der Waals surface area (Å²) in [6.45, 7) is 3.10. The fourth-order valence-corrected chi connectivity index (χ4v) is 3.39. The lowest BCUT2D eigenvalue weighted by Crippen LogP contribution is -2.51. The highest BCUT2D eigenvalue weighted by Crippen LogP contribution is 2.45. The van der Waals surface area contributed by atoms with Crippen molar-refractivity contribution in [3.05, 3.63) is 24.3 Å². The summed E-state index contributed by atoms with van der Waals surface area (Å²) in [7, 11) is -13.8. The van der Waals surface area contributed by atoms with Gasteiger partial charge in [-0.2, -0.15) is 78.3 Å². The van der Waals surface area contributed by atoms with E-state index in [4.69, 9.17) is 9.47 Å². The maximum Gasteiger partial charge on any atom is 0.527 e. The highest BCUT2D eigenvalue weighted by molar-refractivity contribution is 7.88. The molecule has 2 heterocycles. The fourth-order valence-electron chi connectivity index (χ4n) is 2.57. The summed E-state index contributed by atoms with van der Waals surface area (Å²) in [4.78, 5) is 0. The average molecular weight is 918 g/mol. The van der Waals surface area contributed by atoms with E-state index in [9.17, 15) is 114 Å². The van der Waals surface area contributed by atoms with Crippen molar-refractivity contribution in [2.75, 3.05) is 26.4 Å². The Bertz CT molecular complexity index is 1420. The smallest absolute Gasteiger partial charge is 0.344 e. The zero-order chi connectivity index (χ0) is 44.6.